The van der Waals surface area contributed by atoms with Crippen LogP contribution in [0.15, 0.2) is 0 Å². The number of carbonyl (C=O) groups is 2. The summed E-state index contributed by atoms with van der Waals surface area (Å²) in [5.74, 6) is -4.93. The molecule has 0 aliphatic heterocycles. The second kappa shape index (κ2) is 16.8. The molecule has 0 radical (unpaired) electrons. The Morgan fingerprint density at radius 2 is 1.24 bits per heavy atom. The minimum atomic E-state index is -5.10. The van der Waals surface area contributed by atoms with Crippen molar-refractivity contribution in [1.82, 2.24) is 0 Å². The summed E-state index contributed by atoms with van der Waals surface area (Å²) in [4.78, 5) is 23.8. The third kappa shape index (κ3) is 10.8. The SMILES string of the molecule is CCCCCCCCC(C(=O)O)C(CCCCCCCC)(C(=O)O)S(=O)(=O)O.[Ca+2].[H-].[H-]. The van der Waals surface area contributed by atoms with Crippen molar-refractivity contribution < 1.29 is 35.6 Å². The Balaban J connectivity index is -0.00000121. The Morgan fingerprint density at radius 1 is 0.828 bits per heavy atom. The zero-order chi connectivity index (χ0) is 21.6. The quantitative estimate of drug-likeness (QED) is 0.152. The van der Waals surface area contributed by atoms with E-state index in [1.54, 1.807) is 0 Å². The van der Waals surface area contributed by atoms with Gasteiger partial charge in [0, 0.05) is 0 Å². The van der Waals surface area contributed by atoms with E-state index in [0.717, 1.165) is 51.4 Å². The molecule has 7 nitrogen and oxygen atoms in total. The number of unbranched alkanes of at least 4 members (excludes halogenated alkanes) is 10. The van der Waals surface area contributed by atoms with Gasteiger partial charge in [0.05, 0.1) is 5.92 Å². The molecule has 2 atom stereocenters. The summed E-state index contributed by atoms with van der Waals surface area (Å²) >= 11 is 0. The van der Waals surface area contributed by atoms with E-state index < -0.39 is 32.7 Å². The summed E-state index contributed by atoms with van der Waals surface area (Å²) in [5, 5.41) is 19.3. The molecule has 0 rings (SSSR count). The molecule has 0 heterocycles. The number of rotatable bonds is 18. The molecule has 0 aliphatic carbocycles. The number of carboxylic acids is 2. The summed E-state index contributed by atoms with van der Waals surface area (Å²) in [6, 6.07) is 0. The van der Waals surface area contributed by atoms with Gasteiger partial charge < -0.3 is 13.1 Å². The van der Waals surface area contributed by atoms with Gasteiger partial charge in [0.15, 0.2) is 0 Å². The molecule has 0 spiro atoms. The summed E-state index contributed by atoms with van der Waals surface area (Å²) in [7, 11) is -5.10. The molecule has 0 fully saturated rings. The Labute approximate surface area is 208 Å². The molecule has 29 heavy (non-hydrogen) atoms. The van der Waals surface area contributed by atoms with Gasteiger partial charge in [-0.15, -0.1) is 0 Å². The van der Waals surface area contributed by atoms with E-state index in [1.165, 1.54) is 0 Å². The van der Waals surface area contributed by atoms with Crippen molar-refractivity contribution >= 4 is 59.8 Å². The smallest absolute Gasteiger partial charge is 1.00 e. The number of aliphatic carboxylic acids is 2. The van der Waals surface area contributed by atoms with Gasteiger partial charge in [-0.2, -0.15) is 8.42 Å². The molecule has 2 unspecified atom stereocenters. The van der Waals surface area contributed by atoms with Crippen molar-refractivity contribution in [2.45, 2.75) is 108 Å². The maximum Gasteiger partial charge on any atom is 2.00 e. The van der Waals surface area contributed by atoms with Crippen LogP contribution in [-0.2, 0) is 19.7 Å². The van der Waals surface area contributed by atoms with Crippen LogP contribution in [0.1, 0.15) is 107 Å². The second-order valence-corrected chi connectivity index (χ2v) is 9.31. The third-order valence-electron chi connectivity index (χ3n) is 5.43. The molecule has 0 saturated carbocycles. The van der Waals surface area contributed by atoms with Gasteiger partial charge in [-0.3, -0.25) is 14.1 Å². The zero-order valence-electron chi connectivity index (χ0n) is 20.1. The van der Waals surface area contributed by atoms with Crippen molar-refractivity contribution in [2.24, 2.45) is 5.92 Å². The molecule has 9 heteroatoms. The number of carboxylic acid groups (broad SMARTS) is 2. The van der Waals surface area contributed by atoms with Gasteiger partial charge in [-0.05, 0) is 12.8 Å². The van der Waals surface area contributed by atoms with Crippen LogP contribution in [0.2, 0.25) is 0 Å². The monoisotopic (exact) mass is 464 g/mol. The number of hydrogen-bond acceptors (Lipinski definition) is 4. The van der Waals surface area contributed by atoms with E-state index in [-0.39, 0.29) is 59.9 Å². The Bertz CT molecular complexity index is 576. The van der Waals surface area contributed by atoms with E-state index in [2.05, 4.69) is 13.8 Å². The maximum absolute atomic E-state index is 12.1. The molecule has 0 aromatic rings. The first-order valence-corrected chi connectivity index (χ1v) is 12.0. The van der Waals surface area contributed by atoms with Crippen LogP contribution >= 0.6 is 0 Å². The summed E-state index contributed by atoms with van der Waals surface area (Å²) in [6.07, 6.45) is 9.43. The van der Waals surface area contributed by atoms with Crippen LogP contribution in [0.3, 0.4) is 0 Å². The Kier molecular flexibility index (Phi) is 18.1. The van der Waals surface area contributed by atoms with Crippen LogP contribution in [0.5, 0.6) is 0 Å². The predicted octanol–water partition coefficient (Wildman–Crippen LogP) is 4.74. The van der Waals surface area contributed by atoms with Gasteiger partial charge in [0.2, 0.25) is 4.75 Å². The van der Waals surface area contributed by atoms with Crippen LogP contribution in [0.25, 0.3) is 0 Å². The van der Waals surface area contributed by atoms with Crippen molar-refractivity contribution in [2.75, 3.05) is 0 Å². The molecule has 170 valence electrons. The third-order valence-corrected chi connectivity index (χ3v) is 7.02. The van der Waals surface area contributed by atoms with E-state index in [9.17, 15) is 32.8 Å². The minimum absolute atomic E-state index is 0. The maximum atomic E-state index is 12.1. The van der Waals surface area contributed by atoms with Crippen LogP contribution < -0.4 is 0 Å². The van der Waals surface area contributed by atoms with Gasteiger partial charge in [-0.25, -0.2) is 0 Å². The second-order valence-electron chi connectivity index (χ2n) is 7.63. The van der Waals surface area contributed by atoms with Crippen LogP contribution in [0, 0.1) is 5.92 Å². The van der Waals surface area contributed by atoms with Crippen LogP contribution in [-0.4, -0.2) is 77.6 Å². The fourth-order valence-corrected chi connectivity index (χ4v) is 4.90. The topological polar surface area (TPSA) is 129 Å². The first-order valence-electron chi connectivity index (χ1n) is 10.6. The van der Waals surface area contributed by atoms with Crippen molar-refractivity contribution in [3.05, 3.63) is 0 Å². The first-order chi connectivity index (χ1) is 13.1. The van der Waals surface area contributed by atoms with Gasteiger partial charge in [0.25, 0.3) is 10.1 Å². The molecule has 3 N–H and O–H groups in total. The molecule has 0 saturated heterocycles. The molecule has 0 aromatic heterocycles. The van der Waals surface area contributed by atoms with Crippen molar-refractivity contribution in [1.29, 1.82) is 0 Å². The average Bonchev–Trinajstić information content (AvgIpc) is 2.60. The first kappa shape index (κ1) is 31.3. The van der Waals surface area contributed by atoms with Crippen molar-refractivity contribution in [3.63, 3.8) is 0 Å². The number of hydrogen-bond donors (Lipinski definition) is 3. The molecule has 0 bridgehead atoms. The van der Waals surface area contributed by atoms with E-state index >= 15 is 0 Å². The van der Waals surface area contributed by atoms with E-state index in [1.807, 2.05) is 0 Å². The normalized spacial score (nSPS) is 14.6. The van der Waals surface area contributed by atoms with Gasteiger partial charge >= 0.3 is 49.7 Å². The van der Waals surface area contributed by atoms with Crippen molar-refractivity contribution in [3.8, 4) is 0 Å². The van der Waals surface area contributed by atoms with Gasteiger partial charge in [0.1, 0.15) is 0 Å². The molecular formula is C20H40CaO7S. The minimum Gasteiger partial charge on any atom is -1.00 e. The predicted molar refractivity (Wildman–Crippen MR) is 117 cm³/mol. The largest absolute Gasteiger partial charge is 2.00 e. The van der Waals surface area contributed by atoms with E-state index in [0.29, 0.717) is 19.3 Å². The molecule has 0 aromatic carbocycles. The van der Waals surface area contributed by atoms with Crippen LogP contribution in [0.4, 0.5) is 0 Å². The summed E-state index contributed by atoms with van der Waals surface area (Å²) < 4.78 is 31.3. The van der Waals surface area contributed by atoms with E-state index in [4.69, 9.17) is 0 Å². The summed E-state index contributed by atoms with van der Waals surface area (Å²) in [6.45, 7) is 4.14. The Hall–Kier alpha value is 0.110. The Morgan fingerprint density at radius 3 is 1.62 bits per heavy atom. The molecule has 0 aliphatic rings. The molecular weight excluding hydrogens is 424 g/mol. The fraction of sp³-hybridized carbons (Fsp3) is 0.900. The fourth-order valence-electron chi connectivity index (χ4n) is 3.70. The van der Waals surface area contributed by atoms with Gasteiger partial charge in [-0.1, -0.05) is 90.9 Å². The standard InChI is InChI=1S/C20H38O7S.Ca.2H/c1-3-5-7-9-11-13-15-17(18(21)22)20(19(23)24,28(25,26)27)16-14-12-10-8-6-4-2;;;/h17H,3-16H2,1-2H3,(H,21,22)(H,23,24)(H,25,26,27);;;/q;+2;2*-1. The average molecular weight is 465 g/mol. The zero-order valence-corrected chi connectivity index (χ0v) is 21.1. The summed E-state index contributed by atoms with van der Waals surface area (Å²) in [5.41, 5.74) is 0. The molecule has 0 amide bonds.